The molecule has 0 aliphatic rings. The van der Waals surface area contributed by atoms with E-state index in [9.17, 15) is 27.6 Å². The van der Waals surface area contributed by atoms with Crippen LogP contribution in [-0.4, -0.2) is 34.7 Å². The number of aryl methyl sites for hydroxylation is 1. The standard InChI is InChI=1S/C23H21F3N4O4/c1-3-27-20(32)13-34-18-9-5-7-16(12-18)28-22(33)21-19(31)10-14(2)30(29-21)17-8-4-6-15(11-17)23(24,25)26/h4-12H,3,13H2,1-2H3,(H,27,32)(H,28,33). The van der Waals surface area contributed by atoms with Crippen LogP contribution in [0.25, 0.3) is 5.69 Å². The SMILES string of the molecule is CCNC(=O)COc1cccc(NC(=O)c2nn(-c3cccc(C(F)(F)F)c3)c(C)cc2=O)c1. The zero-order chi connectivity index (χ0) is 24.9. The van der Waals surface area contributed by atoms with E-state index in [1.165, 1.54) is 31.2 Å². The second-order valence-corrected chi connectivity index (χ2v) is 7.18. The van der Waals surface area contributed by atoms with Crippen LogP contribution in [0.1, 0.15) is 28.7 Å². The lowest BCUT2D eigenvalue weighted by Crippen LogP contribution is -2.28. The van der Waals surface area contributed by atoms with E-state index in [1.807, 2.05) is 0 Å². The number of likely N-dealkylation sites (N-methyl/N-ethyl adjacent to an activating group) is 1. The van der Waals surface area contributed by atoms with E-state index in [4.69, 9.17) is 4.74 Å². The molecule has 0 unspecified atom stereocenters. The monoisotopic (exact) mass is 474 g/mol. The van der Waals surface area contributed by atoms with Crippen LogP contribution in [0.3, 0.4) is 0 Å². The number of benzene rings is 2. The Kier molecular flexibility index (Phi) is 7.34. The second kappa shape index (κ2) is 10.2. The molecular formula is C23H21F3N4O4. The second-order valence-electron chi connectivity index (χ2n) is 7.18. The van der Waals surface area contributed by atoms with Gasteiger partial charge in [-0.25, -0.2) is 4.68 Å². The third-order valence-corrected chi connectivity index (χ3v) is 4.58. The van der Waals surface area contributed by atoms with Crippen LogP contribution < -0.4 is 20.8 Å². The summed E-state index contributed by atoms with van der Waals surface area (Å²) in [6, 6.07) is 11.7. The van der Waals surface area contributed by atoms with Gasteiger partial charge in [-0.05, 0) is 44.2 Å². The van der Waals surface area contributed by atoms with Crippen LogP contribution in [0.15, 0.2) is 59.4 Å². The largest absolute Gasteiger partial charge is 0.484 e. The first-order valence-corrected chi connectivity index (χ1v) is 10.2. The smallest absolute Gasteiger partial charge is 0.416 e. The molecule has 1 aromatic heterocycles. The number of ether oxygens (including phenoxy) is 1. The number of hydrogen-bond donors (Lipinski definition) is 2. The average molecular weight is 474 g/mol. The Morgan fingerprint density at radius 2 is 1.82 bits per heavy atom. The first kappa shape index (κ1) is 24.5. The summed E-state index contributed by atoms with van der Waals surface area (Å²) in [5, 5.41) is 9.10. The zero-order valence-electron chi connectivity index (χ0n) is 18.3. The molecule has 0 saturated carbocycles. The van der Waals surface area contributed by atoms with Crippen LogP contribution in [0, 0.1) is 6.92 Å². The molecule has 0 bridgehead atoms. The van der Waals surface area contributed by atoms with E-state index < -0.39 is 28.8 Å². The Morgan fingerprint density at radius 3 is 2.53 bits per heavy atom. The fourth-order valence-corrected chi connectivity index (χ4v) is 3.03. The Morgan fingerprint density at radius 1 is 1.09 bits per heavy atom. The minimum atomic E-state index is -4.56. The van der Waals surface area contributed by atoms with Gasteiger partial charge in [0.25, 0.3) is 11.8 Å². The number of nitrogens with one attached hydrogen (secondary N) is 2. The molecule has 3 aromatic rings. The number of carbonyl (C=O) groups is 2. The van der Waals surface area contributed by atoms with Gasteiger partial charge in [0.15, 0.2) is 12.3 Å². The van der Waals surface area contributed by atoms with Gasteiger partial charge in [0, 0.05) is 30.1 Å². The number of hydrogen-bond acceptors (Lipinski definition) is 5. The van der Waals surface area contributed by atoms with Gasteiger partial charge in [-0.15, -0.1) is 0 Å². The van der Waals surface area contributed by atoms with Crippen LogP contribution in [0.2, 0.25) is 0 Å². The number of nitrogens with zero attached hydrogens (tertiary/aromatic N) is 2. The molecule has 1 heterocycles. The van der Waals surface area contributed by atoms with Gasteiger partial charge in [-0.2, -0.15) is 18.3 Å². The minimum absolute atomic E-state index is 0.0436. The minimum Gasteiger partial charge on any atom is -0.484 e. The Hall–Kier alpha value is -4.15. The summed E-state index contributed by atoms with van der Waals surface area (Å²) in [5.41, 5.74) is -1.52. The first-order chi connectivity index (χ1) is 16.1. The lowest BCUT2D eigenvalue weighted by Gasteiger charge is -2.14. The van der Waals surface area contributed by atoms with E-state index in [0.717, 1.165) is 22.9 Å². The van der Waals surface area contributed by atoms with Gasteiger partial charge < -0.3 is 15.4 Å². The number of aromatic nitrogens is 2. The molecule has 2 N–H and O–H groups in total. The maximum absolute atomic E-state index is 13.1. The number of amides is 2. The fourth-order valence-electron chi connectivity index (χ4n) is 3.03. The van der Waals surface area contributed by atoms with Crippen molar-refractivity contribution in [3.63, 3.8) is 0 Å². The highest BCUT2D eigenvalue weighted by Gasteiger charge is 2.30. The summed E-state index contributed by atoms with van der Waals surface area (Å²) < 4.78 is 45.7. The number of rotatable bonds is 7. The molecule has 2 aromatic carbocycles. The molecule has 8 nitrogen and oxygen atoms in total. The quantitative estimate of drug-likeness (QED) is 0.547. The number of halogens is 3. The molecule has 34 heavy (non-hydrogen) atoms. The summed E-state index contributed by atoms with van der Waals surface area (Å²) in [7, 11) is 0. The maximum Gasteiger partial charge on any atom is 0.416 e. The van der Waals surface area contributed by atoms with Gasteiger partial charge in [-0.1, -0.05) is 12.1 Å². The van der Waals surface area contributed by atoms with Crippen LogP contribution in [0.4, 0.5) is 18.9 Å². The van der Waals surface area contributed by atoms with E-state index in [0.29, 0.717) is 12.3 Å². The fraction of sp³-hybridized carbons (Fsp3) is 0.217. The average Bonchev–Trinajstić information content (AvgIpc) is 2.78. The zero-order valence-corrected chi connectivity index (χ0v) is 18.3. The van der Waals surface area contributed by atoms with Crippen LogP contribution in [-0.2, 0) is 11.0 Å². The molecule has 3 rings (SSSR count). The van der Waals surface area contributed by atoms with Gasteiger partial charge in [0.1, 0.15) is 5.75 Å². The van der Waals surface area contributed by atoms with Gasteiger partial charge in [-0.3, -0.25) is 14.4 Å². The van der Waals surface area contributed by atoms with E-state index in [2.05, 4.69) is 15.7 Å². The van der Waals surface area contributed by atoms with Crippen molar-refractivity contribution in [1.82, 2.24) is 15.1 Å². The molecule has 0 atom stereocenters. The van der Waals surface area contributed by atoms with Crippen molar-refractivity contribution in [2.75, 3.05) is 18.5 Å². The summed E-state index contributed by atoms with van der Waals surface area (Å²) in [4.78, 5) is 36.7. The van der Waals surface area contributed by atoms with Gasteiger partial charge in [0.05, 0.1) is 11.3 Å². The summed E-state index contributed by atoms with van der Waals surface area (Å²) in [6.45, 7) is 3.51. The van der Waals surface area contributed by atoms with Gasteiger partial charge >= 0.3 is 6.18 Å². The predicted molar refractivity (Wildman–Crippen MR) is 118 cm³/mol. The van der Waals surface area contributed by atoms with E-state index >= 15 is 0 Å². The Labute approximate surface area is 192 Å². The van der Waals surface area contributed by atoms with E-state index in [1.54, 1.807) is 19.1 Å². The first-order valence-electron chi connectivity index (χ1n) is 10.2. The third-order valence-electron chi connectivity index (χ3n) is 4.58. The molecule has 2 amide bonds. The molecule has 0 saturated heterocycles. The summed E-state index contributed by atoms with van der Waals surface area (Å²) in [6.07, 6.45) is -4.56. The van der Waals surface area contributed by atoms with Crippen LogP contribution in [0.5, 0.6) is 5.75 Å². The molecule has 0 aliphatic heterocycles. The number of anilines is 1. The highest BCUT2D eigenvalue weighted by molar-refractivity contribution is 6.02. The maximum atomic E-state index is 13.1. The van der Waals surface area contributed by atoms with Crippen molar-refractivity contribution >= 4 is 17.5 Å². The molecule has 0 radical (unpaired) electrons. The molecule has 0 spiro atoms. The Balaban J connectivity index is 1.85. The highest BCUT2D eigenvalue weighted by atomic mass is 19.4. The summed E-state index contributed by atoms with van der Waals surface area (Å²) in [5.74, 6) is -0.857. The predicted octanol–water partition coefficient (Wildman–Crippen LogP) is 3.33. The number of carbonyl (C=O) groups excluding carboxylic acids is 2. The van der Waals surface area contributed by atoms with Crippen molar-refractivity contribution in [3.8, 4) is 11.4 Å². The lowest BCUT2D eigenvalue weighted by molar-refractivity contribution is -0.137. The lowest BCUT2D eigenvalue weighted by atomic mass is 10.2. The molecule has 11 heteroatoms. The van der Waals surface area contributed by atoms with Gasteiger partial charge in [0.2, 0.25) is 5.43 Å². The van der Waals surface area contributed by atoms with Crippen molar-refractivity contribution in [2.45, 2.75) is 20.0 Å². The summed E-state index contributed by atoms with van der Waals surface area (Å²) >= 11 is 0. The molecule has 178 valence electrons. The Bertz CT molecular complexity index is 1270. The van der Waals surface area contributed by atoms with Crippen molar-refractivity contribution in [1.29, 1.82) is 0 Å². The van der Waals surface area contributed by atoms with Crippen molar-refractivity contribution < 1.29 is 27.5 Å². The van der Waals surface area contributed by atoms with Crippen LogP contribution >= 0.6 is 0 Å². The molecule has 0 fully saturated rings. The third kappa shape index (κ3) is 6.00. The molecular weight excluding hydrogens is 453 g/mol. The highest BCUT2D eigenvalue weighted by Crippen LogP contribution is 2.30. The van der Waals surface area contributed by atoms with Crippen molar-refractivity contribution in [3.05, 3.63) is 81.8 Å². The number of alkyl halides is 3. The molecule has 0 aliphatic carbocycles. The van der Waals surface area contributed by atoms with E-state index in [-0.39, 0.29) is 29.6 Å². The topological polar surface area (TPSA) is 102 Å². The van der Waals surface area contributed by atoms with Crippen molar-refractivity contribution in [2.24, 2.45) is 0 Å². The normalized spacial score (nSPS) is 11.1.